The molecule has 0 aliphatic rings. The first kappa shape index (κ1) is 18.5. The fourth-order valence-electron chi connectivity index (χ4n) is 3.19. The Morgan fingerprint density at radius 1 is 0.917 bits per heavy atom. The van der Waals surface area contributed by atoms with E-state index in [-0.39, 0.29) is 11.0 Å². The maximum atomic E-state index is 12.6. The second kappa shape index (κ2) is 7.80. The van der Waals surface area contributed by atoms with Gasteiger partial charge in [0.05, 0.1) is 0 Å². The maximum Gasteiger partial charge on any atom is 0.323 e. The Balaban J connectivity index is 2.59. The normalized spacial score (nSPS) is 12.0. The second-order valence-electron chi connectivity index (χ2n) is 7.24. The van der Waals surface area contributed by atoms with Crippen molar-refractivity contribution in [3.63, 3.8) is 0 Å². The summed E-state index contributed by atoms with van der Waals surface area (Å²) in [6.45, 7) is 8.65. The Bertz CT molecular complexity index is 605. The maximum absolute atomic E-state index is 12.6. The standard InChI is InChI=1S/C21H28O2Si/c1-5-6-17-20(22)23-24(21(2,3)4,18-13-9-7-10-14-18)19-15-11-8-12-16-19/h7-16H,5-6,17H2,1-4H3. The average Bonchev–Trinajstić information content (AvgIpc) is 2.58. The van der Waals surface area contributed by atoms with Crippen LogP contribution in [0.1, 0.15) is 47.0 Å². The molecule has 0 aliphatic carbocycles. The van der Waals surface area contributed by atoms with Gasteiger partial charge in [0.15, 0.2) is 0 Å². The lowest BCUT2D eigenvalue weighted by molar-refractivity contribution is -0.135. The molecular weight excluding hydrogens is 312 g/mol. The van der Waals surface area contributed by atoms with E-state index in [1.54, 1.807) is 0 Å². The molecule has 128 valence electrons. The lowest BCUT2D eigenvalue weighted by Gasteiger charge is -2.42. The summed E-state index contributed by atoms with van der Waals surface area (Å²) in [7, 11) is -2.71. The molecule has 0 heterocycles. The van der Waals surface area contributed by atoms with Crippen molar-refractivity contribution in [1.29, 1.82) is 0 Å². The highest BCUT2D eigenvalue weighted by molar-refractivity contribution is 7.00. The van der Waals surface area contributed by atoms with Crippen molar-refractivity contribution < 1.29 is 9.22 Å². The summed E-state index contributed by atoms with van der Waals surface area (Å²) in [4.78, 5) is 12.6. The van der Waals surface area contributed by atoms with E-state index in [1.807, 2.05) is 36.4 Å². The Labute approximate surface area is 147 Å². The zero-order valence-electron chi connectivity index (χ0n) is 15.2. The first-order chi connectivity index (χ1) is 11.4. The molecule has 2 aromatic rings. The molecule has 0 aliphatic heterocycles. The summed E-state index contributed by atoms with van der Waals surface area (Å²) in [6.07, 6.45) is 2.36. The van der Waals surface area contributed by atoms with Gasteiger partial charge in [-0.2, -0.15) is 0 Å². The van der Waals surface area contributed by atoms with Crippen molar-refractivity contribution in [2.24, 2.45) is 0 Å². The molecule has 0 amide bonds. The van der Waals surface area contributed by atoms with E-state index in [0.29, 0.717) is 6.42 Å². The molecular formula is C21H28O2Si. The molecule has 24 heavy (non-hydrogen) atoms. The molecule has 2 nitrogen and oxygen atoms in total. The van der Waals surface area contributed by atoms with E-state index in [4.69, 9.17) is 4.43 Å². The number of rotatable bonds is 6. The summed E-state index contributed by atoms with van der Waals surface area (Å²) < 4.78 is 6.38. The third-order valence-corrected chi connectivity index (χ3v) is 9.36. The highest BCUT2D eigenvalue weighted by atomic mass is 28.4. The van der Waals surface area contributed by atoms with Crippen molar-refractivity contribution >= 4 is 24.7 Å². The summed E-state index contributed by atoms with van der Waals surface area (Å²) in [5.74, 6) is -0.0776. The van der Waals surface area contributed by atoms with Crippen LogP contribution >= 0.6 is 0 Å². The number of carbonyl (C=O) groups is 1. The Kier molecular flexibility index (Phi) is 6.00. The number of carbonyl (C=O) groups excluding carboxylic acids is 1. The number of hydrogen-bond donors (Lipinski definition) is 0. The van der Waals surface area contributed by atoms with Gasteiger partial charge in [0.2, 0.25) is 0 Å². The van der Waals surface area contributed by atoms with Gasteiger partial charge in [-0.05, 0) is 21.8 Å². The van der Waals surface area contributed by atoms with Crippen LogP contribution in [0, 0.1) is 0 Å². The van der Waals surface area contributed by atoms with Gasteiger partial charge in [-0.15, -0.1) is 0 Å². The number of unbranched alkanes of at least 4 members (excludes halogenated alkanes) is 1. The van der Waals surface area contributed by atoms with Crippen molar-refractivity contribution in [2.45, 2.75) is 52.0 Å². The van der Waals surface area contributed by atoms with Gasteiger partial charge in [-0.25, -0.2) is 0 Å². The van der Waals surface area contributed by atoms with Gasteiger partial charge < -0.3 is 4.43 Å². The minimum absolute atomic E-state index is 0.0776. The summed E-state index contributed by atoms with van der Waals surface area (Å²) in [5, 5.41) is 2.14. The smallest absolute Gasteiger partial charge is 0.323 e. The molecule has 0 bridgehead atoms. The predicted octanol–water partition coefficient (Wildman–Crippen LogP) is 4.28. The average molecular weight is 341 g/mol. The molecule has 3 heteroatoms. The highest BCUT2D eigenvalue weighted by Crippen LogP contribution is 2.37. The number of benzene rings is 2. The van der Waals surface area contributed by atoms with Crippen LogP contribution < -0.4 is 10.4 Å². The van der Waals surface area contributed by atoms with Crippen LogP contribution in [0.5, 0.6) is 0 Å². The minimum Gasteiger partial charge on any atom is -0.510 e. The van der Waals surface area contributed by atoms with E-state index >= 15 is 0 Å². The lowest BCUT2D eigenvalue weighted by Crippen LogP contribution is -2.67. The largest absolute Gasteiger partial charge is 0.510 e. The van der Waals surface area contributed by atoms with Crippen LogP contribution in [0.15, 0.2) is 60.7 Å². The van der Waals surface area contributed by atoms with Gasteiger partial charge in [-0.3, -0.25) is 4.79 Å². The van der Waals surface area contributed by atoms with E-state index in [1.165, 1.54) is 0 Å². The summed E-state index contributed by atoms with van der Waals surface area (Å²) >= 11 is 0. The third kappa shape index (κ3) is 3.78. The molecule has 0 saturated heterocycles. The van der Waals surface area contributed by atoms with E-state index in [9.17, 15) is 4.79 Å². The molecule has 0 spiro atoms. The molecule has 0 N–H and O–H groups in total. The third-order valence-electron chi connectivity index (χ3n) is 4.42. The van der Waals surface area contributed by atoms with Crippen LogP contribution in [0.3, 0.4) is 0 Å². The van der Waals surface area contributed by atoms with Gasteiger partial charge in [0, 0.05) is 6.42 Å². The monoisotopic (exact) mass is 340 g/mol. The quantitative estimate of drug-likeness (QED) is 0.734. The van der Waals surface area contributed by atoms with Crippen LogP contribution in [0.25, 0.3) is 0 Å². The van der Waals surface area contributed by atoms with Gasteiger partial charge in [0.25, 0.3) is 5.97 Å². The Morgan fingerprint density at radius 3 is 1.75 bits per heavy atom. The second-order valence-corrected chi connectivity index (χ2v) is 11.5. The fourth-order valence-corrected chi connectivity index (χ4v) is 7.57. The van der Waals surface area contributed by atoms with Crippen LogP contribution in [0.2, 0.25) is 5.04 Å². The van der Waals surface area contributed by atoms with E-state index in [2.05, 4.69) is 52.0 Å². The molecule has 2 aromatic carbocycles. The molecule has 0 fully saturated rings. The summed E-state index contributed by atoms with van der Waals surface area (Å²) in [5.41, 5.74) is 0. The van der Waals surface area contributed by atoms with Crippen LogP contribution in [-0.2, 0) is 9.22 Å². The van der Waals surface area contributed by atoms with E-state index < -0.39 is 8.32 Å². The predicted molar refractivity (Wildman–Crippen MR) is 103 cm³/mol. The van der Waals surface area contributed by atoms with Crippen molar-refractivity contribution in [3.05, 3.63) is 60.7 Å². The summed E-state index contributed by atoms with van der Waals surface area (Å²) in [6, 6.07) is 20.6. The van der Waals surface area contributed by atoms with Gasteiger partial charge in [0.1, 0.15) is 0 Å². The fraction of sp³-hybridized carbons (Fsp3) is 0.381. The van der Waals surface area contributed by atoms with Crippen LogP contribution in [0.4, 0.5) is 0 Å². The molecule has 2 rings (SSSR count). The molecule has 0 aromatic heterocycles. The Morgan fingerprint density at radius 2 is 1.38 bits per heavy atom. The first-order valence-electron chi connectivity index (χ1n) is 8.74. The molecule has 0 radical (unpaired) electrons. The van der Waals surface area contributed by atoms with Crippen LogP contribution in [-0.4, -0.2) is 14.3 Å². The SMILES string of the molecule is CCCCC(=O)O[Si](c1ccccc1)(c1ccccc1)C(C)(C)C. The zero-order chi connectivity index (χ0) is 17.6. The van der Waals surface area contributed by atoms with Crippen molar-refractivity contribution in [2.75, 3.05) is 0 Å². The molecule has 0 unspecified atom stereocenters. The van der Waals surface area contributed by atoms with Crippen molar-refractivity contribution in [1.82, 2.24) is 0 Å². The van der Waals surface area contributed by atoms with Gasteiger partial charge in [-0.1, -0.05) is 94.8 Å². The van der Waals surface area contributed by atoms with Gasteiger partial charge >= 0.3 is 8.32 Å². The number of hydrogen-bond acceptors (Lipinski definition) is 2. The highest BCUT2D eigenvalue weighted by Gasteiger charge is 2.52. The zero-order valence-corrected chi connectivity index (χ0v) is 16.2. The topological polar surface area (TPSA) is 26.3 Å². The minimum atomic E-state index is -2.71. The molecule has 0 atom stereocenters. The van der Waals surface area contributed by atoms with Crippen molar-refractivity contribution in [3.8, 4) is 0 Å². The Hall–Kier alpha value is -1.87. The van der Waals surface area contributed by atoms with E-state index in [0.717, 1.165) is 23.2 Å². The lowest BCUT2D eigenvalue weighted by atomic mass is 10.2. The molecule has 0 saturated carbocycles. The first-order valence-corrected chi connectivity index (χ1v) is 10.7.